The third-order valence-electron chi connectivity index (χ3n) is 4.77. The first-order chi connectivity index (χ1) is 11.6. The fourth-order valence-corrected chi connectivity index (χ4v) is 3.37. The lowest BCUT2D eigenvalue weighted by molar-refractivity contribution is -0.135. The largest absolute Gasteiger partial charge is 0.382 e. The first-order valence-corrected chi connectivity index (χ1v) is 8.33. The van der Waals surface area contributed by atoms with Crippen LogP contribution in [0.2, 0.25) is 0 Å². The molecule has 0 radical (unpaired) electrons. The summed E-state index contributed by atoms with van der Waals surface area (Å²) in [5.74, 6) is 0.150. The molecule has 0 bridgehead atoms. The molecule has 0 spiro atoms. The Morgan fingerprint density at radius 3 is 2.92 bits per heavy atom. The zero-order valence-corrected chi connectivity index (χ0v) is 14.5. The minimum atomic E-state index is -0.142. The van der Waals surface area contributed by atoms with Crippen LogP contribution in [0.3, 0.4) is 0 Å². The summed E-state index contributed by atoms with van der Waals surface area (Å²) in [6, 6.07) is 8.08. The van der Waals surface area contributed by atoms with E-state index in [-0.39, 0.29) is 11.9 Å². The highest BCUT2D eigenvalue weighted by Gasteiger charge is 2.34. The normalized spacial score (nSPS) is 17.0. The van der Waals surface area contributed by atoms with Gasteiger partial charge in [-0.3, -0.25) is 9.48 Å². The summed E-state index contributed by atoms with van der Waals surface area (Å²) < 4.78 is 7.14. The summed E-state index contributed by atoms with van der Waals surface area (Å²) in [5.41, 5.74) is 4.43. The van der Waals surface area contributed by atoms with Crippen LogP contribution < -0.4 is 0 Å². The van der Waals surface area contributed by atoms with E-state index in [1.165, 1.54) is 11.1 Å². The number of benzene rings is 1. The van der Waals surface area contributed by atoms with Crippen molar-refractivity contribution in [3.8, 4) is 0 Å². The zero-order chi connectivity index (χ0) is 17.1. The molecule has 0 saturated carbocycles. The SMILES string of the molecule is COC[C@H]1c2nnn(C)c2CCN1C(=O)CCc1ccccc1C. The summed E-state index contributed by atoms with van der Waals surface area (Å²) in [6.45, 7) is 3.22. The van der Waals surface area contributed by atoms with Gasteiger partial charge in [0.1, 0.15) is 11.7 Å². The molecule has 6 heteroatoms. The van der Waals surface area contributed by atoms with E-state index in [2.05, 4.69) is 29.4 Å². The summed E-state index contributed by atoms with van der Waals surface area (Å²) in [4.78, 5) is 14.7. The van der Waals surface area contributed by atoms with Gasteiger partial charge in [-0.25, -0.2) is 0 Å². The molecule has 0 unspecified atom stereocenters. The average molecular weight is 328 g/mol. The number of carbonyl (C=O) groups is 1. The number of methoxy groups -OCH3 is 1. The summed E-state index contributed by atoms with van der Waals surface area (Å²) in [5, 5.41) is 8.36. The molecular weight excluding hydrogens is 304 g/mol. The monoisotopic (exact) mass is 328 g/mol. The first-order valence-electron chi connectivity index (χ1n) is 8.33. The van der Waals surface area contributed by atoms with Crippen LogP contribution in [0.15, 0.2) is 24.3 Å². The number of nitrogens with zero attached hydrogens (tertiary/aromatic N) is 4. The van der Waals surface area contributed by atoms with Gasteiger partial charge in [0.15, 0.2) is 0 Å². The van der Waals surface area contributed by atoms with E-state index in [1.54, 1.807) is 11.8 Å². The van der Waals surface area contributed by atoms with Crippen molar-refractivity contribution in [3.05, 3.63) is 46.8 Å². The van der Waals surface area contributed by atoms with Crippen molar-refractivity contribution in [2.45, 2.75) is 32.2 Å². The Morgan fingerprint density at radius 1 is 1.38 bits per heavy atom. The highest BCUT2D eigenvalue weighted by Crippen LogP contribution is 2.28. The standard InChI is InChI=1S/C18H24N4O2/c1-13-6-4-5-7-14(13)8-9-17(23)22-11-10-15-18(16(22)12-24-3)19-20-21(15)2/h4-7,16H,8-12H2,1-3H3/t16-/m0/s1. The molecule has 0 N–H and O–H groups in total. The van der Waals surface area contributed by atoms with Gasteiger partial charge in [-0.05, 0) is 24.5 Å². The van der Waals surface area contributed by atoms with Crippen molar-refractivity contribution in [1.82, 2.24) is 19.9 Å². The lowest BCUT2D eigenvalue weighted by atomic mass is 10.0. The Kier molecular flexibility index (Phi) is 4.94. The van der Waals surface area contributed by atoms with Crippen LogP contribution in [0.25, 0.3) is 0 Å². The molecule has 1 aliphatic rings. The fourth-order valence-electron chi connectivity index (χ4n) is 3.37. The van der Waals surface area contributed by atoms with Crippen LogP contribution >= 0.6 is 0 Å². The molecule has 128 valence electrons. The van der Waals surface area contributed by atoms with E-state index in [0.717, 1.165) is 24.2 Å². The van der Waals surface area contributed by atoms with Gasteiger partial charge in [0, 0.05) is 33.5 Å². The van der Waals surface area contributed by atoms with Crippen LogP contribution in [0.5, 0.6) is 0 Å². The van der Waals surface area contributed by atoms with Crippen molar-refractivity contribution in [3.63, 3.8) is 0 Å². The number of ether oxygens (including phenoxy) is 1. The van der Waals surface area contributed by atoms with Gasteiger partial charge in [0.05, 0.1) is 12.3 Å². The predicted molar refractivity (Wildman–Crippen MR) is 90.5 cm³/mol. The van der Waals surface area contributed by atoms with E-state index in [1.807, 2.05) is 24.1 Å². The second-order valence-corrected chi connectivity index (χ2v) is 6.28. The van der Waals surface area contributed by atoms with Gasteiger partial charge < -0.3 is 9.64 Å². The summed E-state index contributed by atoms with van der Waals surface area (Å²) in [6.07, 6.45) is 2.05. The molecule has 2 aromatic rings. The molecule has 0 fully saturated rings. The smallest absolute Gasteiger partial charge is 0.223 e. The van der Waals surface area contributed by atoms with Crippen molar-refractivity contribution in [2.75, 3.05) is 20.3 Å². The number of amides is 1. The number of fused-ring (bicyclic) bond motifs is 1. The van der Waals surface area contributed by atoms with E-state index in [9.17, 15) is 4.79 Å². The lowest BCUT2D eigenvalue weighted by Crippen LogP contribution is -2.42. The van der Waals surface area contributed by atoms with E-state index < -0.39 is 0 Å². The quantitative estimate of drug-likeness (QED) is 0.840. The van der Waals surface area contributed by atoms with Gasteiger partial charge in [0.25, 0.3) is 0 Å². The second-order valence-electron chi connectivity index (χ2n) is 6.28. The number of rotatable bonds is 5. The van der Waals surface area contributed by atoms with E-state index in [4.69, 9.17) is 4.74 Å². The van der Waals surface area contributed by atoms with Crippen molar-refractivity contribution < 1.29 is 9.53 Å². The lowest BCUT2D eigenvalue weighted by Gasteiger charge is -2.34. The van der Waals surface area contributed by atoms with Crippen LogP contribution in [-0.4, -0.2) is 46.1 Å². The minimum absolute atomic E-state index is 0.142. The van der Waals surface area contributed by atoms with E-state index in [0.29, 0.717) is 19.6 Å². The molecule has 1 aliphatic heterocycles. The molecular formula is C18H24N4O2. The Balaban J connectivity index is 1.73. The zero-order valence-electron chi connectivity index (χ0n) is 14.5. The van der Waals surface area contributed by atoms with Crippen molar-refractivity contribution in [1.29, 1.82) is 0 Å². The Morgan fingerprint density at radius 2 is 2.17 bits per heavy atom. The maximum Gasteiger partial charge on any atom is 0.223 e. The second kappa shape index (κ2) is 7.13. The van der Waals surface area contributed by atoms with Crippen LogP contribution in [0.4, 0.5) is 0 Å². The number of carbonyl (C=O) groups excluding carboxylic acids is 1. The Labute approximate surface area is 142 Å². The van der Waals surface area contributed by atoms with Gasteiger partial charge in [-0.2, -0.15) is 0 Å². The van der Waals surface area contributed by atoms with Crippen molar-refractivity contribution in [2.24, 2.45) is 7.05 Å². The number of hydrogen-bond donors (Lipinski definition) is 0. The van der Waals surface area contributed by atoms with Gasteiger partial charge in [-0.1, -0.05) is 29.5 Å². The van der Waals surface area contributed by atoms with Gasteiger partial charge >= 0.3 is 0 Å². The number of aromatic nitrogens is 3. The summed E-state index contributed by atoms with van der Waals surface area (Å²) >= 11 is 0. The third kappa shape index (κ3) is 3.19. The minimum Gasteiger partial charge on any atom is -0.382 e. The van der Waals surface area contributed by atoms with Crippen molar-refractivity contribution >= 4 is 5.91 Å². The molecule has 0 aliphatic carbocycles. The Hall–Kier alpha value is -2.21. The molecule has 1 atom stereocenters. The fraction of sp³-hybridized carbons (Fsp3) is 0.500. The molecule has 2 heterocycles. The molecule has 3 rings (SSSR count). The van der Waals surface area contributed by atoms with Gasteiger partial charge in [-0.15, -0.1) is 5.10 Å². The third-order valence-corrected chi connectivity index (χ3v) is 4.77. The molecule has 1 amide bonds. The molecule has 0 saturated heterocycles. The summed E-state index contributed by atoms with van der Waals surface area (Å²) in [7, 11) is 3.55. The van der Waals surface area contributed by atoms with Gasteiger partial charge in [0.2, 0.25) is 5.91 Å². The molecule has 24 heavy (non-hydrogen) atoms. The first kappa shape index (κ1) is 16.6. The predicted octanol–water partition coefficient (Wildman–Crippen LogP) is 1.83. The topological polar surface area (TPSA) is 60.3 Å². The molecule has 1 aromatic carbocycles. The maximum atomic E-state index is 12.8. The van der Waals surface area contributed by atoms with Crippen LogP contribution in [-0.2, 0) is 29.4 Å². The molecule has 1 aromatic heterocycles. The maximum absolute atomic E-state index is 12.8. The number of aryl methyl sites for hydroxylation is 3. The highest BCUT2D eigenvalue weighted by molar-refractivity contribution is 5.77. The highest BCUT2D eigenvalue weighted by atomic mass is 16.5. The van der Waals surface area contributed by atoms with Crippen LogP contribution in [0.1, 0.15) is 35.0 Å². The average Bonchev–Trinajstić information content (AvgIpc) is 2.96. The Bertz CT molecular complexity index is 726. The van der Waals surface area contributed by atoms with E-state index >= 15 is 0 Å². The molecule has 6 nitrogen and oxygen atoms in total. The number of hydrogen-bond acceptors (Lipinski definition) is 4. The van der Waals surface area contributed by atoms with Crippen LogP contribution in [0, 0.1) is 6.92 Å².